The molecule has 2 amide bonds. The van der Waals surface area contributed by atoms with Crippen molar-refractivity contribution in [3.8, 4) is 0 Å². The van der Waals surface area contributed by atoms with Crippen molar-refractivity contribution >= 4 is 23.3 Å². The molecule has 1 unspecified atom stereocenters. The average Bonchev–Trinajstić information content (AvgIpc) is 3.19. The summed E-state index contributed by atoms with van der Waals surface area (Å²) in [5.74, 6) is 0.503. The molecule has 1 aliphatic carbocycles. The highest BCUT2D eigenvalue weighted by Crippen LogP contribution is 2.29. The van der Waals surface area contributed by atoms with Crippen molar-refractivity contribution in [1.29, 1.82) is 0 Å². The van der Waals surface area contributed by atoms with Crippen LogP contribution in [0.4, 0.5) is 10.5 Å². The van der Waals surface area contributed by atoms with Gasteiger partial charge in [-0.2, -0.15) is 0 Å². The summed E-state index contributed by atoms with van der Waals surface area (Å²) in [6, 6.07) is 6.42. The van der Waals surface area contributed by atoms with Gasteiger partial charge in [-0.3, -0.25) is 0 Å². The van der Waals surface area contributed by atoms with Crippen LogP contribution in [0.3, 0.4) is 0 Å². The standard InChI is InChI=1S/C18H26ClN3O/c1-13-6-7-15(19)10-17(13)22-9-8-14(12-22)11-20-18(23)21-16-4-2-3-5-16/h6-7,10,14,16H,2-5,8-9,11-12H2,1H3,(H2,20,21,23). The highest BCUT2D eigenvalue weighted by molar-refractivity contribution is 6.30. The molecule has 3 rings (SSSR count). The van der Waals surface area contributed by atoms with Gasteiger partial charge in [0.15, 0.2) is 0 Å². The molecule has 4 nitrogen and oxygen atoms in total. The van der Waals surface area contributed by atoms with Crippen LogP contribution < -0.4 is 15.5 Å². The quantitative estimate of drug-likeness (QED) is 0.880. The number of carbonyl (C=O) groups is 1. The Morgan fingerprint density at radius 1 is 1.30 bits per heavy atom. The molecular weight excluding hydrogens is 310 g/mol. The van der Waals surface area contributed by atoms with Crippen molar-refractivity contribution in [3.05, 3.63) is 28.8 Å². The number of hydrogen-bond donors (Lipinski definition) is 2. The van der Waals surface area contributed by atoms with Gasteiger partial charge in [0, 0.05) is 36.4 Å². The van der Waals surface area contributed by atoms with Crippen LogP contribution in [0.25, 0.3) is 0 Å². The molecule has 1 aliphatic heterocycles. The van der Waals surface area contributed by atoms with E-state index in [4.69, 9.17) is 11.6 Å². The predicted molar refractivity (Wildman–Crippen MR) is 95.3 cm³/mol. The Morgan fingerprint density at radius 2 is 2.09 bits per heavy atom. The van der Waals surface area contributed by atoms with Gasteiger partial charge in [-0.1, -0.05) is 30.5 Å². The minimum Gasteiger partial charge on any atom is -0.371 e. The third kappa shape index (κ3) is 4.31. The number of hydrogen-bond acceptors (Lipinski definition) is 2. The van der Waals surface area contributed by atoms with Crippen LogP contribution in [-0.4, -0.2) is 31.7 Å². The molecule has 1 aromatic carbocycles. The fourth-order valence-corrected chi connectivity index (χ4v) is 3.85. The van der Waals surface area contributed by atoms with Crippen molar-refractivity contribution in [3.63, 3.8) is 0 Å². The number of nitrogens with zero attached hydrogens (tertiary/aromatic N) is 1. The summed E-state index contributed by atoms with van der Waals surface area (Å²) in [4.78, 5) is 14.3. The molecule has 1 saturated carbocycles. The molecule has 1 aromatic rings. The molecule has 1 heterocycles. The lowest BCUT2D eigenvalue weighted by Crippen LogP contribution is -2.42. The Balaban J connectivity index is 1.46. The van der Waals surface area contributed by atoms with Gasteiger partial charge in [0.25, 0.3) is 0 Å². The Morgan fingerprint density at radius 3 is 2.87 bits per heavy atom. The third-order valence-electron chi connectivity index (χ3n) is 5.04. The van der Waals surface area contributed by atoms with Gasteiger partial charge in [0.05, 0.1) is 0 Å². The smallest absolute Gasteiger partial charge is 0.315 e. The first-order chi connectivity index (χ1) is 11.1. The van der Waals surface area contributed by atoms with E-state index in [2.05, 4.69) is 28.5 Å². The fraction of sp³-hybridized carbons (Fsp3) is 0.611. The maximum Gasteiger partial charge on any atom is 0.315 e. The van der Waals surface area contributed by atoms with Crippen LogP contribution in [0.2, 0.25) is 5.02 Å². The van der Waals surface area contributed by atoms with Gasteiger partial charge in [-0.25, -0.2) is 4.79 Å². The second kappa shape index (κ2) is 7.43. The zero-order chi connectivity index (χ0) is 16.2. The number of nitrogens with one attached hydrogen (secondary N) is 2. The van der Waals surface area contributed by atoms with E-state index in [0.717, 1.165) is 43.9 Å². The number of benzene rings is 1. The second-order valence-electron chi connectivity index (χ2n) is 6.87. The van der Waals surface area contributed by atoms with Gasteiger partial charge >= 0.3 is 6.03 Å². The summed E-state index contributed by atoms with van der Waals surface area (Å²) >= 11 is 6.12. The number of amides is 2. The molecule has 23 heavy (non-hydrogen) atoms. The van der Waals surface area contributed by atoms with Crippen LogP contribution in [0.15, 0.2) is 18.2 Å². The van der Waals surface area contributed by atoms with Crippen LogP contribution >= 0.6 is 11.6 Å². The zero-order valence-corrected chi connectivity index (χ0v) is 14.5. The lowest BCUT2D eigenvalue weighted by atomic mass is 10.1. The monoisotopic (exact) mass is 335 g/mol. The molecular formula is C18H26ClN3O. The summed E-state index contributed by atoms with van der Waals surface area (Å²) in [5, 5.41) is 6.91. The summed E-state index contributed by atoms with van der Waals surface area (Å²) in [6.45, 7) is 4.86. The Kier molecular flexibility index (Phi) is 5.31. The highest BCUT2D eigenvalue weighted by Gasteiger charge is 2.24. The lowest BCUT2D eigenvalue weighted by Gasteiger charge is -2.21. The molecule has 126 valence electrons. The van der Waals surface area contributed by atoms with Crippen LogP contribution in [0.5, 0.6) is 0 Å². The average molecular weight is 336 g/mol. The summed E-state index contributed by atoms with van der Waals surface area (Å²) < 4.78 is 0. The summed E-state index contributed by atoms with van der Waals surface area (Å²) in [7, 11) is 0. The van der Waals surface area contributed by atoms with Crippen molar-refractivity contribution in [2.45, 2.75) is 45.1 Å². The zero-order valence-electron chi connectivity index (χ0n) is 13.8. The summed E-state index contributed by atoms with van der Waals surface area (Å²) in [5.41, 5.74) is 2.47. The SMILES string of the molecule is Cc1ccc(Cl)cc1N1CCC(CNC(=O)NC2CCCC2)C1. The Hall–Kier alpha value is -1.42. The molecule has 0 spiro atoms. The maximum atomic E-state index is 12.0. The number of anilines is 1. The van der Waals surface area contributed by atoms with E-state index in [0.29, 0.717) is 12.0 Å². The molecule has 1 saturated heterocycles. The van der Waals surface area contributed by atoms with Crippen molar-refractivity contribution in [1.82, 2.24) is 10.6 Å². The fourth-order valence-electron chi connectivity index (χ4n) is 3.68. The Labute approximate surface area is 143 Å². The van der Waals surface area contributed by atoms with E-state index < -0.39 is 0 Å². The number of urea groups is 1. The second-order valence-corrected chi connectivity index (χ2v) is 7.30. The minimum atomic E-state index is -0.00529. The van der Waals surface area contributed by atoms with Crippen LogP contribution in [0, 0.1) is 12.8 Å². The lowest BCUT2D eigenvalue weighted by molar-refractivity contribution is 0.235. The molecule has 2 N–H and O–H groups in total. The van der Waals surface area contributed by atoms with Gasteiger partial charge < -0.3 is 15.5 Å². The number of halogens is 1. The first-order valence-corrected chi connectivity index (χ1v) is 9.05. The van der Waals surface area contributed by atoms with Crippen molar-refractivity contribution in [2.75, 3.05) is 24.5 Å². The molecule has 2 fully saturated rings. The van der Waals surface area contributed by atoms with Crippen molar-refractivity contribution < 1.29 is 4.79 Å². The predicted octanol–water partition coefficient (Wildman–Crippen LogP) is 3.72. The molecule has 0 aromatic heterocycles. The highest BCUT2D eigenvalue weighted by atomic mass is 35.5. The molecule has 0 radical (unpaired) electrons. The van der Waals surface area contributed by atoms with E-state index in [9.17, 15) is 4.79 Å². The maximum absolute atomic E-state index is 12.0. The topological polar surface area (TPSA) is 44.4 Å². The largest absolute Gasteiger partial charge is 0.371 e. The first kappa shape index (κ1) is 16.4. The number of rotatable bonds is 4. The van der Waals surface area contributed by atoms with Crippen molar-refractivity contribution in [2.24, 2.45) is 5.92 Å². The van der Waals surface area contributed by atoms with E-state index in [1.165, 1.54) is 24.1 Å². The summed E-state index contributed by atoms with van der Waals surface area (Å²) in [6.07, 6.45) is 5.83. The van der Waals surface area contributed by atoms with E-state index in [1.807, 2.05) is 12.1 Å². The molecule has 5 heteroatoms. The molecule has 1 atom stereocenters. The molecule has 0 bridgehead atoms. The van der Waals surface area contributed by atoms with Gasteiger partial charge in [0.2, 0.25) is 0 Å². The van der Waals surface area contributed by atoms with Crippen LogP contribution in [0.1, 0.15) is 37.7 Å². The van der Waals surface area contributed by atoms with E-state index in [1.54, 1.807) is 0 Å². The third-order valence-corrected chi connectivity index (χ3v) is 5.27. The van der Waals surface area contributed by atoms with Crippen LogP contribution in [-0.2, 0) is 0 Å². The number of carbonyl (C=O) groups excluding carboxylic acids is 1. The minimum absolute atomic E-state index is 0.00529. The number of aryl methyl sites for hydroxylation is 1. The Bertz CT molecular complexity index is 557. The van der Waals surface area contributed by atoms with E-state index in [-0.39, 0.29) is 6.03 Å². The van der Waals surface area contributed by atoms with Gasteiger partial charge in [-0.05, 0) is 49.8 Å². The van der Waals surface area contributed by atoms with E-state index >= 15 is 0 Å². The van der Waals surface area contributed by atoms with Gasteiger partial charge in [-0.15, -0.1) is 0 Å². The van der Waals surface area contributed by atoms with Gasteiger partial charge in [0.1, 0.15) is 0 Å². The molecule has 2 aliphatic rings. The normalized spacial score (nSPS) is 21.7. The first-order valence-electron chi connectivity index (χ1n) is 8.67.